The first kappa shape index (κ1) is 19.0. The number of benzene rings is 2. The molecule has 0 saturated heterocycles. The van der Waals surface area contributed by atoms with Crippen LogP contribution in [0.25, 0.3) is 5.57 Å². The van der Waals surface area contributed by atoms with Gasteiger partial charge in [-0.3, -0.25) is 9.59 Å². The number of carbonyl (C=O) groups excluding carboxylic acids is 2. The molecule has 0 N–H and O–H groups in total. The quantitative estimate of drug-likeness (QED) is 0.522. The number of thiophene rings is 1. The molecule has 0 bridgehead atoms. The Hall–Kier alpha value is -2.96. The van der Waals surface area contributed by atoms with Crippen LogP contribution in [0.15, 0.2) is 65.7 Å². The van der Waals surface area contributed by atoms with Gasteiger partial charge in [-0.1, -0.05) is 35.9 Å². The van der Waals surface area contributed by atoms with Crippen LogP contribution in [0.1, 0.15) is 16.9 Å². The molecule has 0 atom stereocenters. The molecule has 150 valence electrons. The summed E-state index contributed by atoms with van der Waals surface area (Å²) in [4.78, 5) is 30.8. The van der Waals surface area contributed by atoms with Crippen LogP contribution in [-0.2, 0) is 16.0 Å². The summed E-state index contributed by atoms with van der Waals surface area (Å²) in [5, 5.41) is 1.74. The van der Waals surface area contributed by atoms with Gasteiger partial charge in [0.05, 0.1) is 16.3 Å². The molecule has 0 radical (unpaired) electrons. The lowest BCUT2D eigenvalue weighted by atomic mass is 10.00. The van der Waals surface area contributed by atoms with Gasteiger partial charge < -0.3 is 4.90 Å². The van der Waals surface area contributed by atoms with Crippen LogP contribution in [0.3, 0.4) is 0 Å². The highest BCUT2D eigenvalue weighted by molar-refractivity contribution is 7.11. The van der Waals surface area contributed by atoms with E-state index in [0.29, 0.717) is 17.8 Å². The third-order valence-corrected chi connectivity index (χ3v) is 6.55. The number of hydrogen-bond donors (Lipinski definition) is 0. The van der Waals surface area contributed by atoms with Crippen LogP contribution in [0, 0.1) is 5.82 Å². The molecule has 0 fully saturated rings. The molecule has 2 aromatic carbocycles. The second-order valence-corrected chi connectivity index (χ2v) is 8.48. The van der Waals surface area contributed by atoms with Gasteiger partial charge in [0.2, 0.25) is 0 Å². The average Bonchev–Trinajstić information content (AvgIpc) is 3.36. The van der Waals surface area contributed by atoms with Gasteiger partial charge in [-0.15, -0.1) is 11.3 Å². The Morgan fingerprint density at radius 2 is 1.83 bits per heavy atom. The lowest BCUT2D eigenvalue weighted by Gasteiger charge is -2.32. The highest BCUT2D eigenvalue weighted by Gasteiger charge is 2.44. The number of carbonyl (C=O) groups is 2. The van der Waals surface area contributed by atoms with Crippen LogP contribution < -0.4 is 9.80 Å². The van der Waals surface area contributed by atoms with Crippen LogP contribution in [0.2, 0.25) is 5.02 Å². The third-order valence-electron chi connectivity index (χ3n) is 5.37. The highest BCUT2D eigenvalue weighted by atomic mass is 35.5. The van der Waals surface area contributed by atoms with Crippen molar-refractivity contribution < 1.29 is 14.0 Å². The van der Waals surface area contributed by atoms with Gasteiger partial charge in [0.15, 0.2) is 0 Å². The van der Waals surface area contributed by atoms with E-state index in [1.807, 2.05) is 46.7 Å². The Balaban J connectivity index is 1.68. The summed E-state index contributed by atoms with van der Waals surface area (Å²) in [6.45, 7) is 0.637. The Labute approximate surface area is 181 Å². The predicted octanol–water partition coefficient (Wildman–Crippen LogP) is 5.28. The standard InChI is InChI=1S/C23H16ClFN2O2S/c24-16-13-15(9-10-17(16)25)27-22(28)20(19-8-4-12-30-19)21(23(27)29)26-11-3-6-14-5-1-2-7-18(14)26/h1-2,4-5,7-10,12-13H,3,6,11H2. The lowest BCUT2D eigenvalue weighted by molar-refractivity contribution is -0.120. The van der Waals surface area contributed by atoms with Gasteiger partial charge in [-0.25, -0.2) is 9.29 Å². The average molecular weight is 439 g/mol. The fourth-order valence-corrected chi connectivity index (χ4v) is 4.97. The molecule has 4 nitrogen and oxygen atoms in total. The molecule has 7 heteroatoms. The second-order valence-electron chi connectivity index (χ2n) is 7.13. The maximum absolute atomic E-state index is 13.7. The summed E-state index contributed by atoms with van der Waals surface area (Å²) < 4.78 is 13.7. The van der Waals surface area contributed by atoms with E-state index in [1.54, 1.807) is 0 Å². The SMILES string of the molecule is O=C1C(c2cccs2)=C(N2CCCc3ccccc32)C(=O)N1c1ccc(F)c(Cl)c1. The molecule has 2 amide bonds. The van der Waals surface area contributed by atoms with Crippen molar-refractivity contribution in [2.75, 3.05) is 16.3 Å². The van der Waals surface area contributed by atoms with E-state index in [1.165, 1.54) is 23.5 Å². The van der Waals surface area contributed by atoms with Gasteiger partial charge >= 0.3 is 0 Å². The molecule has 0 saturated carbocycles. The second kappa shape index (κ2) is 7.38. The summed E-state index contributed by atoms with van der Waals surface area (Å²) in [7, 11) is 0. The first-order chi connectivity index (χ1) is 14.6. The molecule has 2 aliphatic rings. The number of anilines is 2. The number of rotatable bonds is 3. The van der Waals surface area contributed by atoms with Crippen LogP contribution in [0.5, 0.6) is 0 Å². The zero-order chi connectivity index (χ0) is 20.8. The van der Waals surface area contributed by atoms with Crippen LogP contribution >= 0.6 is 22.9 Å². The fraction of sp³-hybridized carbons (Fsp3) is 0.130. The van der Waals surface area contributed by atoms with E-state index in [-0.39, 0.29) is 10.7 Å². The number of aryl methyl sites for hydroxylation is 1. The summed E-state index contributed by atoms with van der Waals surface area (Å²) in [5.74, 6) is -1.46. The van der Waals surface area contributed by atoms with Crippen molar-refractivity contribution in [2.45, 2.75) is 12.8 Å². The van der Waals surface area contributed by atoms with E-state index >= 15 is 0 Å². The molecule has 3 heterocycles. The molecular formula is C23H16ClFN2O2S. The van der Waals surface area contributed by atoms with Gasteiger partial charge in [0.1, 0.15) is 11.5 Å². The van der Waals surface area contributed by atoms with E-state index in [4.69, 9.17) is 11.6 Å². The van der Waals surface area contributed by atoms with Crippen molar-refractivity contribution in [1.82, 2.24) is 0 Å². The van der Waals surface area contributed by atoms with Crippen LogP contribution in [-0.4, -0.2) is 18.4 Å². The van der Waals surface area contributed by atoms with Gasteiger partial charge in [-0.05, 0) is 54.1 Å². The molecule has 0 unspecified atom stereocenters. The largest absolute Gasteiger partial charge is 0.336 e. The van der Waals surface area contributed by atoms with E-state index in [2.05, 4.69) is 0 Å². The number of imide groups is 1. The molecular weight excluding hydrogens is 423 g/mol. The zero-order valence-electron chi connectivity index (χ0n) is 15.8. The Bertz CT molecular complexity index is 1210. The fourth-order valence-electron chi connectivity index (χ4n) is 4.04. The number of fused-ring (bicyclic) bond motifs is 1. The lowest BCUT2D eigenvalue weighted by Crippen LogP contribution is -2.37. The number of halogens is 2. The molecule has 1 aromatic heterocycles. The maximum atomic E-state index is 13.7. The molecule has 0 aliphatic carbocycles. The Kier molecular flexibility index (Phi) is 4.68. The normalized spacial score (nSPS) is 16.5. The van der Waals surface area contributed by atoms with Gasteiger partial charge in [0, 0.05) is 17.1 Å². The maximum Gasteiger partial charge on any atom is 0.282 e. The number of hydrogen-bond acceptors (Lipinski definition) is 4. The van der Waals surface area contributed by atoms with E-state index in [9.17, 15) is 14.0 Å². The summed E-state index contributed by atoms with van der Waals surface area (Å²) in [6.07, 6.45) is 1.80. The summed E-state index contributed by atoms with van der Waals surface area (Å²) in [5.41, 5.74) is 3.06. The van der Waals surface area contributed by atoms with Gasteiger partial charge in [0.25, 0.3) is 11.8 Å². The number of amides is 2. The number of para-hydroxylation sites is 1. The first-order valence-electron chi connectivity index (χ1n) is 9.53. The summed E-state index contributed by atoms with van der Waals surface area (Å²) in [6, 6.07) is 15.5. The zero-order valence-corrected chi connectivity index (χ0v) is 17.3. The first-order valence-corrected chi connectivity index (χ1v) is 10.8. The van der Waals surface area contributed by atoms with Crippen molar-refractivity contribution in [3.8, 4) is 0 Å². The highest BCUT2D eigenvalue weighted by Crippen LogP contribution is 2.40. The Morgan fingerprint density at radius 3 is 2.60 bits per heavy atom. The topological polar surface area (TPSA) is 40.6 Å². The number of nitrogens with zero attached hydrogens (tertiary/aromatic N) is 2. The smallest absolute Gasteiger partial charge is 0.282 e. The predicted molar refractivity (Wildman–Crippen MR) is 117 cm³/mol. The molecule has 5 rings (SSSR count). The monoisotopic (exact) mass is 438 g/mol. The van der Waals surface area contributed by atoms with E-state index < -0.39 is 17.6 Å². The van der Waals surface area contributed by atoms with Crippen molar-refractivity contribution in [1.29, 1.82) is 0 Å². The molecule has 3 aromatic rings. The van der Waals surface area contributed by atoms with Crippen molar-refractivity contribution in [2.24, 2.45) is 0 Å². The van der Waals surface area contributed by atoms with E-state index in [0.717, 1.165) is 39.9 Å². The molecule has 0 spiro atoms. The van der Waals surface area contributed by atoms with Crippen LogP contribution in [0.4, 0.5) is 15.8 Å². The summed E-state index contributed by atoms with van der Waals surface area (Å²) >= 11 is 7.34. The third kappa shape index (κ3) is 2.95. The van der Waals surface area contributed by atoms with Gasteiger partial charge in [-0.2, -0.15) is 0 Å². The minimum atomic E-state index is -0.601. The molecule has 2 aliphatic heterocycles. The minimum Gasteiger partial charge on any atom is -0.336 e. The molecule has 30 heavy (non-hydrogen) atoms. The van der Waals surface area contributed by atoms with Crippen molar-refractivity contribution >= 4 is 51.7 Å². The minimum absolute atomic E-state index is 0.137. The van der Waals surface area contributed by atoms with Crippen molar-refractivity contribution in [3.05, 3.63) is 87.0 Å². The Morgan fingerprint density at radius 1 is 1.00 bits per heavy atom. The van der Waals surface area contributed by atoms with Crippen molar-refractivity contribution in [3.63, 3.8) is 0 Å².